The van der Waals surface area contributed by atoms with Gasteiger partial charge < -0.3 is 11.5 Å². The van der Waals surface area contributed by atoms with Crippen LogP contribution in [0, 0.1) is 6.92 Å². The maximum absolute atomic E-state index is 11.5. The van der Waals surface area contributed by atoms with Gasteiger partial charge in [-0.25, -0.2) is 4.98 Å². The highest BCUT2D eigenvalue weighted by molar-refractivity contribution is 7.84. The summed E-state index contributed by atoms with van der Waals surface area (Å²) < 4.78 is 11.5. The number of fused-ring (bicyclic) bond motifs is 1. The Morgan fingerprint density at radius 2 is 1.91 bits per heavy atom. The molecule has 0 bridgehead atoms. The summed E-state index contributed by atoms with van der Waals surface area (Å²) in [6.07, 6.45) is 1.64. The Morgan fingerprint density at radius 1 is 1.26 bits per heavy atom. The van der Waals surface area contributed by atoms with Crippen LogP contribution >= 0.6 is 11.3 Å². The molecule has 1 atom stereocenters. The van der Waals surface area contributed by atoms with E-state index < -0.39 is 16.7 Å². The summed E-state index contributed by atoms with van der Waals surface area (Å²) in [5.41, 5.74) is 14.4. The molecule has 0 fully saturated rings. The average Bonchev–Trinajstić information content (AvgIpc) is 2.85. The largest absolute Gasteiger partial charge is 0.397 e. The standard InChI is InChI=1S/C16H15N3O2S2/c1-8-7-11(9-3-5-10(6-4-9)23(2)21)19-16-12(8)13(17)14(22-16)15(18)20/h3-7H,17H2,1-2H3,(H2,18,20). The van der Waals surface area contributed by atoms with Crippen molar-refractivity contribution < 1.29 is 9.00 Å². The Kier molecular flexibility index (Phi) is 3.91. The molecule has 2 aromatic heterocycles. The van der Waals surface area contributed by atoms with Gasteiger partial charge in [-0.2, -0.15) is 0 Å². The van der Waals surface area contributed by atoms with Gasteiger partial charge in [0.25, 0.3) is 5.91 Å². The van der Waals surface area contributed by atoms with Crippen molar-refractivity contribution in [2.24, 2.45) is 5.73 Å². The smallest absolute Gasteiger partial charge is 0.260 e. The number of nitrogens with zero attached hydrogens (tertiary/aromatic N) is 1. The van der Waals surface area contributed by atoms with Crippen LogP contribution in [0.25, 0.3) is 21.5 Å². The van der Waals surface area contributed by atoms with Gasteiger partial charge in [0.1, 0.15) is 9.71 Å². The fourth-order valence-corrected chi connectivity index (χ4v) is 4.00. The lowest BCUT2D eigenvalue weighted by molar-refractivity contribution is 0.100. The van der Waals surface area contributed by atoms with Crippen LogP contribution in [-0.4, -0.2) is 21.4 Å². The first-order chi connectivity index (χ1) is 10.9. The van der Waals surface area contributed by atoms with E-state index in [1.54, 1.807) is 6.26 Å². The molecule has 2 heterocycles. The van der Waals surface area contributed by atoms with E-state index in [-0.39, 0.29) is 0 Å². The first kappa shape index (κ1) is 15.6. The zero-order valence-electron chi connectivity index (χ0n) is 12.6. The van der Waals surface area contributed by atoms with Crippen LogP contribution in [0.5, 0.6) is 0 Å². The van der Waals surface area contributed by atoms with Crippen LogP contribution in [-0.2, 0) is 10.8 Å². The van der Waals surface area contributed by atoms with Crippen molar-refractivity contribution in [2.75, 3.05) is 12.0 Å². The molecule has 118 valence electrons. The van der Waals surface area contributed by atoms with Gasteiger partial charge >= 0.3 is 0 Å². The minimum atomic E-state index is -1.01. The number of aromatic nitrogens is 1. The lowest BCUT2D eigenvalue weighted by Crippen LogP contribution is -2.10. The van der Waals surface area contributed by atoms with E-state index in [1.165, 1.54) is 11.3 Å². The second-order valence-electron chi connectivity index (χ2n) is 5.19. The van der Waals surface area contributed by atoms with E-state index in [0.717, 1.165) is 27.1 Å². The summed E-state index contributed by atoms with van der Waals surface area (Å²) in [4.78, 5) is 17.8. The summed E-state index contributed by atoms with van der Waals surface area (Å²) in [5.74, 6) is -0.541. The lowest BCUT2D eigenvalue weighted by atomic mass is 10.1. The molecule has 23 heavy (non-hydrogen) atoms. The third-order valence-corrected chi connectivity index (χ3v) is 5.65. The summed E-state index contributed by atoms with van der Waals surface area (Å²) in [6.45, 7) is 1.93. The van der Waals surface area contributed by atoms with E-state index in [1.807, 2.05) is 37.3 Å². The molecule has 0 aliphatic carbocycles. The number of hydrogen-bond donors (Lipinski definition) is 2. The number of primary amides is 1. The zero-order valence-corrected chi connectivity index (χ0v) is 14.3. The summed E-state index contributed by atoms with van der Waals surface area (Å²) in [6, 6.07) is 9.34. The Bertz CT molecular complexity index is 946. The van der Waals surface area contributed by atoms with Crippen molar-refractivity contribution in [1.29, 1.82) is 0 Å². The van der Waals surface area contributed by atoms with Gasteiger partial charge in [0, 0.05) is 32.9 Å². The number of amides is 1. The normalized spacial score (nSPS) is 12.4. The van der Waals surface area contributed by atoms with Crippen molar-refractivity contribution in [3.05, 3.63) is 40.8 Å². The van der Waals surface area contributed by atoms with Gasteiger partial charge in [-0.15, -0.1) is 11.3 Å². The van der Waals surface area contributed by atoms with Gasteiger partial charge in [-0.3, -0.25) is 9.00 Å². The number of nitrogen functional groups attached to an aromatic ring is 1. The Morgan fingerprint density at radius 3 is 2.48 bits per heavy atom. The molecule has 0 radical (unpaired) electrons. The highest BCUT2D eigenvalue weighted by atomic mass is 32.2. The molecule has 0 saturated heterocycles. The summed E-state index contributed by atoms with van der Waals surface area (Å²) in [5, 5.41) is 0.777. The van der Waals surface area contributed by atoms with Gasteiger partial charge in [-0.1, -0.05) is 12.1 Å². The highest BCUT2D eigenvalue weighted by Gasteiger charge is 2.17. The van der Waals surface area contributed by atoms with Gasteiger partial charge in [-0.05, 0) is 30.7 Å². The fraction of sp³-hybridized carbons (Fsp3) is 0.125. The van der Waals surface area contributed by atoms with Gasteiger partial charge in [0.2, 0.25) is 0 Å². The van der Waals surface area contributed by atoms with Crippen molar-refractivity contribution in [1.82, 2.24) is 4.98 Å². The molecular formula is C16H15N3O2S2. The molecular weight excluding hydrogens is 330 g/mol. The van der Waals surface area contributed by atoms with Crippen molar-refractivity contribution >= 4 is 43.9 Å². The number of hydrogen-bond acceptors (Lipinski definition) is 5. The summed E-state index contributed by atoms with van der Waals surface area (Å²) in [7, 11) is -1.01. The predicted molar refractivity (Wildman–Crippen MR) is 95.1 cm³/mol. The molecule has 7 heteroatoms. The van der Waals surface area contributed by atoms with Gasteiger partial charge in [0.05, 0.1) is 11.4 Å². The van der Waals surface area contributed by atoms with Crippen LogP contribution in [0.3, 0.4) is 0 Å². The zero-order chi connectivity index (χ0) is 16.7. The second kappa shape index (κ2) is 5.75. The Hall–Kier alpha value is -2.25. The molecule has 0 aliphatic rings. The molecule has 1 unspecified atom stereocenters. The molecule has 0 saturated carbocycles. The number of anilines is 1. The number of pyridine rings is 1. The SMILES string of the molecule is Cc1cc(-c2ccc(S(C)=O)cc2)nc2sc(C(N)=O)c(N)c12. The maximum Gasteiger partial charge on any atom is 0.260 e. The molecule has 3 aromatic rings. The van der Waals surface area contributed by atoms with Crippen molar-refractivity contribution in [2.45, 2.75) is 11.8 Å². The number of rotatable bonds is 3. The van der Waals surface area contributed by atoms with Crippen LogP contribution in [0.1, 0.15) is 15.2 Å². The number of aryl methyl sites for hydroxylation is 1. The third-order valence-electron chi connectivity index (χ3n) is 3.60. The molecule has 0 aliphatic heterocycles. The van der Waals surface area contributed by atoms with Crippen molar-refractivity contribution in [3.8, 4) is 11.3 Å². The quantitative estimate of drug-likeness (QED) is 0.762. The molecule has 0 spiro atoms. The number of carbonyl (C=O) groups excluding carboxylic acids is 1. The van der Waals surface area contributed by atoms with Gasteiger partial charge in [0.15, 0.2) is 0 Å². The monoisotopic (exact) mass is 345 g/mol. The topological polar surface area (TPSA) is 99.1 Å². The number of benzene rings is 1. The minimum Gasteiger partial charge on any atom is -0.397 e. The van der Waals surface area contributed by atoms with Crippen LogP contribution in [0.15, 0.2) is 35.2 Å². The van der Waals surface area contributed by atoms with E-state index in [4.69, 9.17) is 11.5 Å². The van der Waals surface area contributed by atoms with E-state index >= 15 is 0 Å². The first-order valence-electron chi connectivity index (χ1n) is 6.81. The molecule has 5 nitrogen and oxygen atoms in total. The molecule has 4 N–H and O–H groups in total. The predicted octanol–water partition coefficient (Wildman–Crippen LogP) is 2.69. The lowest BCUT2D eigenvalue weighted by Gasteiger charge is -2.05. The average molecular weight is 345 g/mol. The van der Waals surface area contributed by atoms with Crippen LogP contribution in [0.2, 0.25) is 0 Å². The van der Waals surface area contributed by atoms with E-state index in [2.05, 4.69) is 4.98 Å². The highest BCUT2D eigenvalue weighted by Crippen LogP contribution is 2.36. The Balaban J connectivity index is 2.16. The molecule has 1 amide bonds. The number of thiophene rings is 1. The molecule has 1 aromatic carbocycles. The maximum atomic E-state index is 11.5. The van der Waals surface area contributed by atoms with Crippen LogP contribution < -0.4 is 11.5 Å². The third kappa shape index (κ3) is 2.73. The number of nitrogens with two attached hydrogens (primary N) is 2. The van der Waals surface area contributed by atoms with Crippen LogP contribution in [0.4, 0.5) is 5.69 Å². The second-order valence-corrected chi connectivity index (χ2v) is 7.57. The summed E-state index contributed by atoms with van der Waals surface area (Å²) >= 11 is 1.20. The van der Waals surface area contributed by atoms with Crippen molar-refractivity contribution in [3.63, 3.8) is 0 Å². The molecule has 3 rings (SSSR count). The number of carbonyl (C=O) groups is 1. The fourth-order valence-electron chi connectivity index (χ4n) is 2.46. The van der Waals surface area contributed by atoms with E-state index in [0.29, 0.717) is 15.4 Å². The first-order valence-corrected chi connectivity index (χ1v) is 9.19. The minimum absolute atomic E-state index is 0.337. The van der Waals surface area contributed by atoms with E-state index in [9.17, 15) is 9.00 Å². The Labute approximate surface area is 139 Å².